The Morgan fingerprint density at radius 1 is 0.750 bits per heavy atom. The zero-order valence-electron chi connectivity index (χ0n) is 15.4. The Labute approximate surface area is 163 Å². The largest absolute Gasteiger partial charge is 0.508 e. The molecule has 0 fully saturated rings. The number of benzene rings is 3. The lowest BCUT2D eigenvalue weighted by molar-refractivity contribution is 0.248. The van der Waals surface area contributed by atoms with Gasteiger partial charge in [0.25, 0.3) is 0 Å². The maximum Gasteiger partial charge on any atom is 0.336 e. The summed E-state index contributed by atoms with van der Waals surface area (Å²) in [5.41, 5.74) is 3.30. The maximum atomic E-state index is 12.0. The van der Waals surface area contributed by atoms with Crippen LogP contribution in [0.15, 0.2) is 94.1 Å². The fourth-order valence-electron chi connectivity index (χ4n) is 3.44. The lowest BCUT2D eigenvalue weighted by Crippen LogP contribution is -2.23. The molecule has 3 aromatic carbocycles. The van der Waals surface area contributed by atoms with Gasteiger partial charge in [0, 0.05) is 37.2 Å². The van der Waals surface area contributed by atoms with E-state index in [0.717, 1.165) is 24.0 Å². The summed E-state index contributed by atoms with van der Waals surface area (Å²) in [5, 5.41) is 10.5. The van der Waals surface area contributed by atoms with E-state index in [0.29, 0.717) is 12.1 Å². The molecule has 4 heteroatoms. The first-order valence-electron chi connectivity index (χ1n) is 9.23. The summed E-state index contributed by atoms with van der Waals surface area (Å²) in [6.07, 6.45) is 0. The van der Waals surface area contributed by atoms with Gasteiger partial charge in [-0.25, -0.2) is 4.79 Å². The van der Waals surface area contributed by atoms with Crippen molar-refractivity contribution in [3.05, 3.63) is 112 Å². The third kappa shape index (κ3) is 4.30. The molecule has 0 aliphatic carbocycles. The van der Waals surface area contributed by atoms with Crippen LogP contribution in [0.5, 0.6) is 5.75 Å². The zero-order valence-corrected chi connectivity index (χ0v) is 15.4. The van der Waals surface area contributed by atoms with E-state index in [1.54, 1.807) is 18.2 Å². The molecule has 4 aromatic rings. The topological polar surface area (TPSA) is 53.7 Å². The Balaban J connectivity index is 1.69. The Hall–Kier alpha value is -3.37. The van der Waals surface area contributed by atoms with Crippen LogP contribution in [0.1, 0.15) is 16.7 Å². The summed E-state index contributed by atoms with van der Waals surface area (Å²) in [6.45, 7) is 2.11. The number of phenols is 1. The van der Waals surface area contributed by atoms with Crippen LogP contribution in [0.3, 0.4) is 0 Å². The maximum absolute atomic E-state index is 12.0. The molecule has 4 rings (SSSR count). The fourth-order valence-corrected chi connectivity index (χ4v) is 3.44. The number of aromatic hydroxyl groups is 1. The van der Waals surface area contributed by atoms with Crippen LogP contribution >= 0.6 is 0 Å². The first-order valence-corrected chi connectivity index (χ1v) is 9.23. The summed E-state index contributed by atoms with van der Waals surface area (Å²) >= 11 is 0. The van der Waals surface area contributed by atoms with Crippen LogP contribution in [0.25, 0.3) is 11.0 Å². The van der Waals surface area contributed by atoms with Crippen LogP contribution in [-0.2, 0) is 19.6 Å². The number of rotatable bonds is 6. The summed E-state index contributed by atoms with van der Waals surface area (Å²) in [6, 6.07) is 27.0. The van der Waals surface area contributed by atoms with Crippen LogP contribution < -0.4 is 5.63 Å². The first kappa shape index (κ1) is 18.0. The van der Waals surface area contributed by atoms with Crippen molar-refractivity contribution in [1.29, 1.82) is 0 Å². The number of nitrogens with zero attached hydrogens (tertiary/aromatic N) is 1. The van der Waals surface area contributed by atoms with Gasteiger partial charge in [0.2, 0.25) is 0 Å². The van der Waals surface area contributed by atoms with Gasteiger partial charge in [0.1, 0.15) is 11.3 Å². The molecule has 1 aromatic heterocycles. The van der Waals surface area contributed by atoms with Crippen LogP contribution in [0.2, 0.25) is 0 Å². The molecule has 0 spiro atoms. The number of hydrogen-bond donors (Lipinski definition) is 1. The van der Waals surface area contributed by atoms with Crippen molar-refractivity contribution in [3.8, 4) is 5.75 Å². The molecule has 1 N–H and O–H groups in total. The monoisotopic (exact) mass is 371 g/mol. The highest BCUT2D eigenvalue weighted by atomic mass is 16.4. The van der Waals surface area contributed by atoms with Gasteiger partial charge in [0.15, 0.2) is 0 Å². The molecule has 0 bridgehead atoms. The minimum atomic E-state index is -0.410. The quantitative estimate of drug-likeness (QED) is 0.499. The van der Waals surface area contributed by atoms with Crippen molar-refractivity contribution >= 4 is 11.0 Å². The van der Waals surface area contributed by atoms with Crippen LogP contribution in [0, 0.1) is 0 Å². The van der Waals surface area contributed by atoms with E-state index in [9.17, 15) is 9.90 Å². The molecule has 0 saturated carbocycles. The van der Waals surface area contributed by atoms with E-state index >= 15 is 0 Å². The lowest BCUT2D eigenvalue weighted by atomic mass is 10.1. The molecule has 0 atom stereocenters. The smallest absolute Gasteiger partial charge is 0.336 e. The van der Waals surface area contributed by atoms with E-state index in [1.165, 1.54) is 17.2 Å². The Morgan fingerprint density at radius 3 is 1.96 bits per heavy atom. The number of fused-ring (bicyclic) bond motifs is 1. The molecule has 28 heavy (non-hydrogen) atoms. The van der Waals surface area contributed by atoms with Gasteiger partial charge < -0.3 is 9.52 Å². The molecule has 4 nitrogen and oxygen atoms in total. The Kier molecular flexibility index (Phi) is 5.22. The molecular weight excluding hydrogens is 350 g/mol. The van der Waals surface area contributed by atoms with E-state index in [1.807, 2.05) is 36.4 Å². The van der Waals surface area contributed by atoms with Crippen molar-refractivity contribution < 1.29 is 9.52 Å². The van der Waals surface area contributed by atoms with Crippen molar-refractivity contribution in [2.24, 2.45) is 0 Å². The summed E-state index contributed by atoms with van der Waals surface area (Å²) in [7, 11) is 0. The molecule has 0 saturated heterocycles. The number of phenolic OH excluding ortho intramolecular Hbond substituents is 1. The van der Waals surface area contributed by atoms with Gasteiger partial charge in [-0.2, -0.15) is 0 Å². The highest BCUT2D eigenvalue weighted by Gasteiger charge is 2.13. The second-order valence-corrected chi connectivity index (χ2v) is 6.89. The van der Waals surface area contributed by atoms with Gasteiger partial charge in [-0.15, -0.1) is 0 Å². The standard InChI is InChI=1S/C24H21NO3/c26-21-11-12-22-20(13-24(27)28-23(22)14-21)17-25(15-18-7-3-1-4-8-18)16-19-9-5-2-6-10-19/h1-14,26H,15-17H2. The average molecular weight is 371 g/mol. The molecule has 0 unspecified atom stereocenters. The van der Waals surface area contributed by atoms with Gasteiger partial charge in [-0.1, -0.05) is 60.7 Å². The zero-order chi connectivity index (χ0) is 19.3. The Morgan fingerprint density at radius 2 is 1.36 bits per heavy atom. The summed E-state index contributed by atoms with van der Waals surface area (Å²) < 4.78 is 5.27. The molecule has 0 radical (unpaired) electrons. The highest BCUT2D eigenvalue weighted by Crippen LogP contribution is 2.24. The summed E-state index contributed by atoms with van der Waals surface area (Å²) in [4.78, 5) is 14.3. The second kappa shape index (κ2) is 8.11. The average Bonchev–Trinajstić information content (AvgIpc) is 2.69. The van der Waals surface area contributed by atoms with Crippen molar-refractivity contribution in [2.45, 2.75) is 19.6 Å². The van der Waals surface area contributed by atoms with Gasteiger partial charge in [-0.05, 0) is 28.8 Å². The lowest BCUT2D eigenvalue weighted by Gasteiger charge is -2.23. The van der Waals surface area contributed by atoms with Crippen LogP contribution in [-0.4, -0.2) is 10.0 Å². The number of hydrogen-bond acceptors (Lipinski definition) is 4. The third-order valence-corrected chi connectivity index (χ3v) is 4.71. The minimum Gasteiger partial charge on any atom is -0.508 e. The molecule has 0 aliphatic rings. The van der Waals surface area contributed by atoms with Gasteiger partial charge in [-0.3, -0.25) is 4.90 Å². The normalized spacial score (nSPS) is 11.2. The van der Waals surface area contributed by atoms with Crippen LogP contribution in [0.4, 0.5) is 0 Å². The van der Waals surface area contributed by atoms with Gasteiger partial charge in [0.05, 0.1) is 0 Å². The van der Waals surface area contributed by atoms with Crippen molar-refractivity contribution in [1.82, 2.24) is 4.90 Å². The predicted molar refractivity (Wildman–Crippen MR) is 110 cm³/mol. The third-order valence-electron chi connectivity index (χ3n) is 4.71. The molecule has 0 amide bonds. The fraction of sp³-hybridized carbons (Fsp3) is 0.125. The van der Waals surface area contributed by atoms with Crippen molar-refractivity contribution in [2.75, 3.05) is 0 Å². The molecule has 140 valence electrons. The minimum absolute atomic E-state index is 0.0817. The highest BCUT2D eigenvalue weighted by molar-refractivity contribution is 5.81. The molecule has 1 heterocycles. The van der Waals surface area contributed by atoms with E-state index in [2.05, 4.69) is 29.2 Å². The van der Waals surface area contributed by atoms with E-state index in [-0.39, 0.29) is 5.75 Å². The molecule has 0 aliphatic heterocycles. The summed E-state index contributed by atoms with van der Waals surface area (Å²) in [5.74, 6) is 0.0817. The SMILES string of the molecule is O=c1cc(CN(Cc2ccccc2)Cc2ccccc2)c2ccc(O)cc2o1. The predicted octanol–water partition coefficient (Wildman–Crippen LogP) is 4.70. The Bertz CT molecular complexity index is 1080. The molecular formula is C24H21NO3. The van der Waals surface area contributed by atoms with E-state index in [4.69, 9.17) is 4.42 Å². The second-order valence-electron chi connectivity index (χ2n) is 6.89. The first-order chi connectivity index (χ1) is 13.7. The van der Waals surface area contributed by atoms with Crippen molar-refractivity contribution in [3.63, 3.8) is 0 Å². The van der Waals surface area contributed by atoms with Gasteiger partial charge >= 0.3 is 5.63 Å². The van der Waals surface area contributed by atoms with E-state index < -0.39 is 5.63 Å².